The summed E-state index contributed by atoms with van der Waals surface area (Å²) in [4.78, 5) is 12.2. The standard InChI is InChI=1S/C21H28N2O2/c1-5-17-8-6-7-16(4)21(17)23-20(24)13-14-22-18-9-11-19(12-10-18)25-15(2)3/h6-12,15,22H,5,13-14H2,1-4H3,(H,23,24). The van der Waals surface area contributed by atoms with Gasteiger partial charge in [-0.15, -0.1) is 0 Å². The van der Waals surface area contributed by atoms with E-state index in [1.54, 1.807) is 0 Å². The van der Waals surface area contributed by atoms with E-state index in [0.717, 1.165) is 29.1 Å². The molecule has 0 heterocycles. The third-order valence-corrected chi connectivity index (χ3v) is 3.91. The van der Waals surface area contributed by atoms with Gasteiger partial charge in [0, 0.05) is 24.3 Å². The van der Waals surface area contributed by atoms with Gasteiger partial charge in [-0.05, 0) is 62.6 Å². The van der Waals surface area contributed by atoms with E-state index < -0.39 is 0 Å². The van der Waals surface area contributed by atoms with Crippen molar-refractivity contribution < 1.29 is 9.53 Å². The van der Waals surface area contributed by atoms with Gasteiger partial charge in [0.2, 0.25) is 5.91 Å². The number of benzene rings is 2. The van der Waals surface area contributed by atoms with Gasteiger partial charge in [-0.1, -0.05) is 25.1 Å². The summed E-state index contributed by atoms with van der Waals surface area (Å²) in [6.07, 6.45) is 1.49. The highest BCUT2D eigenvalue weighted by Crippen LogP contribution is 2.21. The summed E-state index contributed by atoms with van der Waals surface area (Å²) in [5.74, 6) is 0.876. The number of amides is 1. The van der Waals surface area contributed by atoms with Crippen molar-refractivity contribution in [1.29, 1.82) is 0 Å². The summed E-state index contributed by atoms with van der Waals surface area (Å²) in [5.41, 5.74) is 4.20. The second kappa shape index (κ2) is 9.11. The molecule has 25 heavy (non-hydrogen) atoms. The zero-order valence-electron chi connectivity index (χ0n) is 15.6. The molecule has 2 rings (SSSR count). The summed E-state index contributed by atoms with van der Waals surface area (Å²) in [5, 5.41) is 6.32. The molecule has 0 unspecified atom stereocenters. The van der Waals surface area contributed by atoms with Crippen LogP contribution < -0.4 is 15.4 Å². The van der Waals surface area contributed by atoms with Gasteiger partial charge in [0.15, 0.2) is 0 Å². The maximum atomic E-state index is 12.2. The highest BCUT2D eigenvalue weighted by Gasteiger charge is 2.08. The van der Waals surface area contributed by atoms with Gasteiger partial charge in [-0.2, -0.15) is 0 Å². The fourth-order valence-electron chi connectivity index (χ4n) is 2.65. The van der Waals surface area contributed by atoms with Crippen LogP contribution in [0, 0.1) is 6.92 Å². The number of aryl methyl sites for hydroxylation is 2. The quantitative estimate of drug-likeness (QED) is 0.727. The largest absolute Gasteiger partial charge is 0.491 e. The van der Waals surface area contributed by atoms with Gasteiger partial charge < -0.3 is 15.4 Å². The number of carbonyl (C=O) groups is 1. The third-order valence-electron chi connectivity index (χ3n) is 3.91. The minimum Gasteiger partial charge on any atom is -0.491 e. The average Bonchev–Trinajstić information content (AvgIpc) is 2.58. The molecule has 0 spiro atoms. The Morgan fingerprint density at radius 1 is 1.12 bits per heavy atom. The number of hydrogen-bond acceptors (Lipinski definition) is 3. The molecule has 2 aromatic rings. The van der Waals surface area contributed by atoms with Crippen molar-refractivity contribution in [3.05, 3.63) is 53.6 Å². The molecule has 0 aliphatic rings. The number of hydrogen-bond donors (Lipinski definition) is 2. The second-order valence-corrected chi connectivity index (χ2v) is 6.38. The molecule has 4 heteroatoms. The number of nitrogens with one attached hydrogen (secondary N) is 2. The molecule has 0 radical (unpaired) electrons. The molecule has 0 aliphatic heterocycles. The molecular weight excluding hydrogens is 312 g/mol. The molecule has 2 aromatic carbocycles. The predicted octanol–water partition coefficient (Wildman–Crippen LogP) is 4.79. The fraction of sp³-hybridized carbons (Fsp3) is 0.381. The van der Waals surface area contributed by atoms with E-state index in [1.807, 2.05) is 57.2 Å². The Labute approximate surface area is 150 Å². The van der Waals surface area contributed by atoms with Gasteiger partial charge in [0.25, 0.3) is 0 Å². The van der Waals surface area contributed by atoms with Crippen LogP contribution in [0.3, 0.4) is 0 Å². The van der Waals surface area contributed by atoms with Gasteiger partial charge in [-0.25, -0.2) is 0 Å². The molecular formula is C21H28N2O2. The van der Waals surface area contributed by atoms with Crippen molar-refractivity contribution in [3.63, 3.8) is 0 Å². The summed E-state index contributed by atoms with van der Waals surface area (Å²) >= 11 is 0. The van der Waals surface area contributed by atoms with Crippen LogP contribution in [-0.2, 0) is 11.2 Å². The minimum absolute atomic E-state index is 0.0243. The topological polar surface area (TPSA) is 50.4 Å². The lowest BCUT2D eigenvalue weighted by Crippen LogP contribution is -2.17. The molecule has 4 nitrogen and oxygen atoms in total. The maximum absolute atomic E-state index is 12.2. The van der Waals surface area contributed by atoms with Crippen molar-refractivity contribution in [2.45, 2.75) is 46.6 Å². The van der Waals surface area contributed by atoms with Crippen LogP contribution in [0.1, 0.15) is 38.3 Å². The van der Waals surface area contributed by atoms with Crippen LogP contribution in [0.2, 0.25) is 0 Å². The summed E-state index contributed by atoms with van der Waals surface area (Å²) in [6.45, 7) is 8.71. The predicted molar refractivity (Wildman–Crippen MR) is 104 cm³/mol. The number of anilines is 2. The lowest BCUT2D eigenvalue weighted by atomic mass is 10.1. The van der Waals surface area contributed by atoms with Crippen molar-refractivity contribution in [2.75, 3.05) is 17.2 Å². The number of para-hydroxylation sites is 1. The van der Waals surface area contributed by atoms with Crippen LogP contribution >= 0.6 is 0 Å². The summed E-state index contributed by atoms with van der Waals surface area (Å²) in [6, 6.07) is 13.9. The monoisotopic (exact) mass is 340 g/mol. The number of ether oxygens (including phenoxy) is 1. The highest BCUT2D eigenvalue weighted by molar-refractivity contribution is 5.92. The molecule has 1 amide bonds. The molecule has 0 saturated carbocycles. The van der Waals surface area contributed by atoms with E-state index in [9.17, 15) is 4.79 Å². The molecule has 134 valence electrons. The number of rotatable bonds is 8. The Bertz CT molecular complexity index is 694. The van der Waals surface area contributed by atoms with Crippen LogP contribution in [-0.4, -0.2) is 18.6 Å². The zero-order chi connectivity index (χ0) is 18.2. The fourth-order valence-corrected chi connectivity index (χ4v) is 2.65. The Balaban J connectivity index is 1.83. The van der Waals surface area contributed by atoms with Crippen molar-refractivity contribution >= 4 is 17.3 Å². The molecule has 0 aliphatic carbocycles. The highest BCUT2D eigenvalue weighted by atomic mass is 16.5. The molecule has 0 atom stereocenters. The van der Waals surface area contributed by atoms with Crippen LogP contribution in [0.25, 0.3) is 0 Å². The van der Waals surface area contributed by atoms with Crippen LogP contribution in [0.5, 0.6) is 5.75 Å². The lowest BCUT2D eigenvalue weighted by molar-refractivity contribution is -0.115. The first-order valence-electron chi connectivity index (χ1n) is 8.88. The summed E-state index contributed by atoms with van der Waals surface area (Å²) in [7, 11) is 0. The first kappa shape index (κ1) is 18.8. The van der Waals surface area contributed by atoms with Gasteiger partial charge >= 0.3 is 0 Å². The number of carbonyl (C=O) groups excluding carboxylic acids is 1. The maximum Gasteiger partial charge on any atom is 0.226 e. The Kier molecular flexibility index (Phi) is 6.87. The molecule has 0 bridgehead atoms. The van der Waals surface area contributed by atoms with E-state index in [1.165, 1.54) is 5.56 Å². The Hall–Kier alpha value is -2.49. The SMILES string of the molecule is CCc1cccc(C)c1NC(=O)CCNc1ccc(OC(C)C)cc1. The van der Waals surface area contributed by atoms with Gasteiger partial charge in [0.1, 0.15) is 5.75 Å². The summed E-state index contributed by atoms with van der Waals surface area (Å²) < 4.78 is 5.62. The van der Waals surface area contributed by atoms with Gasteiger partial charge in [0.05, 0.1) is 6.10 Å². The van der Waals surface area contributed by atoms with E-state index in [-0.39, 0.29) is 12.0 Å². The molecule has 2 N–H and O–H groups in total. The van der Waals surface area contributed by atoms with E-state index in [2.05, 4.69) is 23.6 Å². The smallest absolute Gasteiger partial charge is 0.226 e. The van der Waals surface area contributed by atoms with Gasteiger partial charge in [-0.3, -0.25) is 4.79 Å². The van der Waals surface area contributed by atoms with Crippen molar-refractivity contribution in [3.8, 4) is 5.75 Å². The first-order chi connectivity index (χ1) is 12.0. The zero-order valence-corrected chi connectivity index (χ0v) is 15.6. The third kappa shape index (κ3) is 5.82. The first-order valence-corrected chi connectivity index (χ1v) is 8.88. The normalized spacial score (nSPS) is 10.6. The van der Waals surface area contributed by atoms with E-state index in [4.69, 9.17) is 4.74 Å². The van der Waals surface area contributed by atoms with E-state index >= 15 is 0 Å². The van der Waals surface area contributed by atoms with Crippen molar-refractivity contribution in [2.24, 2.45) is 0 Å². The molecule has 0 saturated heterocycles. The Morgan fingerprint density at radius 2 is 1.84 bits per heavy atom. The second-order valence-electron chi connectivity index (χ2n) is 6.38. The molecule has 0 aromatic heterocycles. The Morgan fingerprint density at radius 3 is 2.48 bits per heavy atom. The average molecular weight is 340 g/mol. The van der Waals surface area contributed by atoms with Crippen LogP contribution in [0.4, 0.5) is 11.4 Å². The van der Waals surface area contributed by atoms with Crippen LogP contribution in [0.15, 0.2) is 42.5 Å². The lowest BCUT2D eigenvalue weighted by Gasteiger charge is -2.13. The minimum atomic E-state index is 0.0243. The molecule has 0 fully saturated rings. The van der Waals surface area contributed by atoms with Crippen molar-refractivity contribution in [1.82, 2.24) is 0 Å². The van der Waals surface area contributed by atoms with E-state index in [0.29, 0.717) is 13.0 Å².